The molecule has 4 heteroatoms. The van der Waals surface area contributed by atoms with Gasteiger partial charge in [0.05, 0.1) is 0 Å². The molecule has 1 aromatic carbocycles. The van der Waals surface area contributed by atoms with Crippen LogP contribution in [0, 0.1) is 0 Å². The maximum atomic E-state index is 5.62. The molecule has 0 saturated heterocycles. The van der Waals surface area contributed by atoms with Crippen molar-refractivity contribution in [3.8, 4) is 0 Å². The largest absolute Gasteiger partial charge is 0.438 e. The summed E-state index contributed by atoms with van der Waals surface area (Å²) in [5.74, 6) is 0.590. The zero-order valence-corrected chi connectivity index (χ0v) is 7.99. The number of rotatable bonds is 3. The fourth-order valence-corrected chi connectivity index (χ4v) is 1.24. The lowest BCUT2D eigenvalue weighted by Crippen LogP contribution is -1.90. The molecule has 2 rings (SSSR count). The monoisotopic (exact) mass is 192 g/mol. The van der Waals surface area contributed by atoms with E-state index in [1.165, 1.54) is 0 Å². The smallest absolute Gasteiger partial charge is 0.221 e. The number of nitrogen functional groups attached to an aromatic ring is 1. The summed E-state index contributed by atoms with van der Waals surface area (Å²) < 4.78 is 10.6. The van der Waals surface area contributed by atoms with E-state index in [-0.39, 0.29) is 0 Å². The summed E-state index contributed by atoms with van der Waals surface area (Å²) in [5.41, 5.74) is 7.83. The van der Waals surface area contributed by atoms with Crippen LogP contribution in [0.2, 0.25) is 0 Å². The number of aromatic nitrogens is 1. The quantitative estimate of drug-likeness (QED) is 0.755. The van der Waals surface area contributed by atoms with Gasteiger partial charge in [-0.3, -0.25) is 0 Å². The molecule has 1 aromatic heterocycles. The Morgan fingerprint density at radius 2 is 2.36 bits per heavy atom. The Morgan fingerprint density at radius 1 is 1.50 bits per heavy atom. The minimum absolute atomic E-state index is 0.408. The van der Waals surface area contributed by atoms with Gasteiger partial charge in [0, 0.05) is 12.3 Å². The Morgan fingerprint density at radius 3 is 3.14 bits per heavy atom. The summed E-state index contributed by atoms with van der Waals surface area (Å²) >= 11 is 0. The molecule has 0 aliphatic rings. The Labute approximate surface area is 81.7 Å². The van der Waals surface area contributed by atoms with Gasteiger partial charge in [-0.1, -0.05) is 0 Å². The second kappa shape index (κ2) is 3.67. The summed E-state index contributed by atoms with van der Waals surface area (Å²) in [4.78, 5) is 4.24. The third kappa shape index (κ3) is 1.70. The van der Waals surface area contributed by atoms with Crippen molar-refractivity contribution in [2.75, 3.05) is 12.3 Å². The fraction of sp³-hybridized carbons (Fsp3) is 0.300. The SMILES string of the molecule is CCOCc1nc2cc(N)ccc2o1. The van der Waals surface area contributed by atoms with Crippen molar-refractivity contribution in [2.24, 2.45) is 0 Å². The maximum Gasteiger partial charge on any atom is 0.221 e. The summed E-state index contributed by atoms with van der Waals surface area (Å²) in [6.45, 7) is 2.99. The molecule has 0 unspecified atom stereocenters. The summed E-state index contributed by atoms with van der Waals surface area (Å²) in [6.07, 6.45) is 0. The van der Waals surface area contributed by atoms with Crippen molar-refractivity contribution >= 4 is 16.8 Å². The second-order valence-electron chi connectivity index (χ2n) is 2.97. The number of oxazole rings is 1. The number of benzene rings is 1. The van der Waals surface area contributed by atoms with E-state index in [9.17, 15) is 0 Å². The highest BCUT2D eigenvalue weighted by molar-refractivity contribution is 5.76. The van der Waals surface area contributed by atoms with E-state index in [1.807, 2.05) is 13.0 Å². The van der Waals surface area contributed by atoms with Crippen molar-refractivity contribution in [3.63, 3.8) is 0 Å². The van der Waals surface area contributed by atoms with E-state index in [0.29, 0.717) is 24.8 Å². The Bertz CT molecular complexity index is 437. The predicted octanol–water partition coefficient (Wildman–Crippen LogP) is 1.95. The molecule has 0 radical (unpaired) electrons. The number of anilines is 1. The maximum absolute atomic E-state index is 5.62. The van der Waals surface area contributed by atoms with Crippen LogP contribution in [0.3, 0.4) is 0 Å². The number of nitrogens with zero attached hydrogens (tertiary/aromatic N) is 1. The topological polar surface area (TPSA) is 61.3 Å². The van der Waals surface area contributed by atoms with Crippen LogP contribution >= 0.6 is 0 Å². The van der Waals surface area contributed by atoms with Gasteiger partial charge in [-0.05, 0) is 25.1 Å². The van der Waals surface area contributed by atoms with Gasteiger partial charge < -0.3 is 14.9 Å². The average Bonchev–Trinajstić information content (AvgIpc) is 2.56. The van der Waals surface area contributed by atoms with Crippen molar-refractivity contribution in [1.29, 1.82) is 0 Å². The predicted molar refractivity (Wildman–Crippen MR) is 53.8 cm³/mol. The van der Waals surface area contributed by atoms with Crippen LogP contribution in [-0.4, -0.2) is 11.6 Å². The minimum Gasteiger partial charge on any atom is -0.438 e. The zero-order valence-electron chi connectivity index (χ0n) is 7.99. The molecule has 2 aromatic rings. The molecule has 4 nitrogen and oxygen atoms in total. The minimum atomic E-state index is 0.408. The summed E-state index contributed by atoms with van der Waals surface area (Å²) in [6, 6.07) is 5.39. The number of ether oxygens (including phenoxy) is 1. The van der Waals surface area contributed by atoms with E-state index in [1.54, 1.807) is 12.1 Å². The third-order valence-electron chi connectivity index (χ3n) is 1.89. The zero-order chi connectivity index (χ0) is 9.97. The molecule has 0 aliphatic heterocycles. The van der Waals surface area contributed by atoms with E-state index in [4.69, 9.17) is 14.9 Å². The molecular weight excluding hydrogens is 180 g/mol. The number of fused-ring (bicyclic) bond motifs is 1. The Hall–Kier alpha value is -1.55. The van der Waals surface area contributed by atoms with Gasteiger partial charge in [0.2, 0.25) is 5.89 Å². The molecule has 0 bridgehead atoms. The molecule has 0 atom stereocenters. The number of hydrogen-bond donors (Lipinski definition) is 1. The molecule has 14 heavy (non-hydrogen) atoms. The van der Waals surface area contributed by atoms with Crippen molar-refractivity contribution in [2.45, 2.75) is 13.5 Å². The van der Waals surface area contributed by atoms with Gasteiger partial charge in [0.15, 0.2) is 5.58 Å². The van der Waals surface area contributed by atoms with Gasteiger partial charge >= 0.3 is 0 Å². The molecule has 0 amide bonds. The molecule has 0 saturated carbocycles. The van der Waals surface area contributed by atoms with Crippen molar-refractivity contribution in [1.82, 2.24) is 4.98 Å². The number of nitrogens with two attached hydrogens (primary N) is 1. The second-order valence-corrected chi connectivity index (χ2v) is 2.97. The average molecular weight is 192 g/mol. The normalized spacial score (nSPS) is 10.9. The molecule has 0 aliphatic carbocycles. The fourth-order valence-electron chi connectivity index (χ4n) is 1.24. The first-order chi connectivity index (χ1) is 6.79. The van der Waals surface area contributed by atoms with Gasteiger partial charge in [-0.25, -0.2) is 4.98 Å². The molecular formula is C10H12N2O2. The van der Waals surface area contributed by atoms with Gasteiger partial charge in [0.1, 0.15) is 12.1 Å². The van der Waals surface area contributed by atoms with Crippen LogP contribution in [0.5, 0.6) is 0 Å². The van der Waals surface area contributed by atoms with Gasteiger partial charge in [0.25, 0.3) is 0 Å². The molecule has 0 spiro atoms. The van der Waals surface area contributed by atoms with Crippen LogP contribution in [-0.2, 0) is 11.3 Å². The van der Waals surface area contributed by atoms with E-state index < -0.39 is 0 Å². The molecule has 2 N–H and O–H groups in total. The van der Waals surface area contributed by atoms with E-state index >= 15 is 0 Å². The van der Waals surface area contributed by atoms with Crippen LogP contribution in [0.15, 0.2) is 22.6 Å². The van der Waals surface area contributed by atoms with Crippen LogP contribution in [0.25, 0.3) is 11.1 Å². The lowest BCUT2D eigenvalue weighted by atomic mass is 10.3. The first-order valence-corrected chi connectivity index (χ1v) is 4.52. The lowest BCUT2D eigenvalue weighted by molar-refractivity contribution is 0.116. The summed E-state index contributed by atoms with van der Waals surface area (Å²) in [7, 11) is 0. The van der Waals surface area contributed by atoms with Crippen molar-refractivity contribution in [3.05, 3.63) is 24.1 Å². The van der Waals surface area contributed by atoms with Crippen LogP contribution < -0.4 is 5.73 Å². The lowest BCUT2D eigenvalue weighted by Gasteiger charge is -1.92. The van der Waals surface area contributed by atoms with Gasteiger partial charge in [-0.15, -0.1) is 0 Å². The summed E-state index contributed by atoms with van der Waals surface area (Å²) in [5, 5.41) is 0. The third-order valence-corrected chi connectivity index (χ3v) is 1.89. The highest BCUT2D eigenvalue weighted by Crippen LogP contribution is 2.18. The molecule has 0 fully saturated rings. The Balaban J connectivity index is 2.32. The van der Waals surface area contributed by atoms with Crippen molar-refractivity contribution < 1.29 is 9.15 Å². The van der Waals surface area contributed by atoms with Crippen LogP contribution in [0.1, 0.15) is 12.8 Å². The standard InChI is InChI=1S/C10H12N2O2/c1-2-13-6-10-12-8-5-7(11)3-4-9(8)14-10/h3-5H,2,6,11H2,1H3. The highest BCUT2D eigenvalue weighted by Gasteiger charge is 2.04. The van der Waals surface area contributed by atoms with Crippen LogP contribution in [0.4, 0.5) is 5.69 Å². The van der Waals surface area contributed by atoms with E-state index in [2.05, 4.69) is 4.98 Å². The number of hydrogen-bond acceptors (Lipinski definition) is 4. The first-order valence-electron chi connectivity index (χ1n) is 4.52. The molecule has 1 heterocycles. The van der Waals surface area contributed by atoms with Gasteiger partial charge in [-0.2, -0.15) is 0 Å². The first kappa shape index (κ1) is 9.02. The Kier molecular flexibility index (Phi) is 2.37. The molecule has 74 valence electrons. The highest BCUT2D eigenvalue weighted by atomic mass is 16.5. The van der Waals surface area contributed by atoms with E-state index in [0.717, 1.165) is 11.1 Å².